The van der Waals surface area contributed by atoms with Gasteiger partial charge < -0.3 is 15.0 Å². The number of pyridine rings is 1. The lowest BCUT2D eigenvalue weighted by molar-refractivity contribution is -0.119. The van der Waals surface area contributed by atoms with Crippen LogP contribution in [0, 0.1) is 0 Å². The molecule has 3 rings (SSSR count). The van der Waals surface area contributed by atoms with Crippen LogP contribution in [-0.2, 0) is 10.2 Å². The number of amides is 1. The zero-order valence-corrected chi connectivity index (χ0v) is 17.3. The zero-order chi connectivity index (χ0) is 20.5. The molecule has 6 heteroatoms. The molecule has 1 aliphatic heterocycles. The van der Waals surface area contributed by atoms with Crippen molar-refractivity contribution in [3.8, 4) is 5.75 Å². The van der Waals surface area contributed by atoms with Crippen molar-refractivity contribution in [1.82, 2.24) is 10.3 Å². The number of nitrogens with one attached hydrogen (secondary N) is 2. The molecule has 1 amide bonds. The van der Waals surface area contributed by atoms with Crippen LogP contribution in [0.5, 0.6) is 5.75 Å². The minimum Gasteiger partial charge on any atom is -0.496 e. The van der Waals surface area contributed by atoms with Crippen molar-refractivity contribution in [2.24, 2.45) is 0 Å². The average molecular weight is 401 g/mol. The van der Waals surface area contributed by atoms with Gasteiger partial charge in [-0.15, -0.1) is 0 Å². The molecule has 1 aromatic carbocycles. The minimum absolute atomic E-state index is 0.0241. The number of rotatable bonds is 4. The molecule has 2 heterocycles. The van der Waals surface area contributed by atoms with Crippen LogP contribution in [0.1, 0.15) is 50.4 Å². The molecule has 28 heavy (non-hydrogen) atoms. The summed E-state index contributed by atoms with van der Waals surface area (Å²) in [6.07, 6.45) is 3.17. The largest absolute Gasteiger partial charge is 0.496 e. The number of hydrogen-bond donors (Lipinski definition) is 2. The lowest BCUT2D eigenvalue weighted by atomic mass is 9.85. The first kappa shape index (κ1) is 20.2. The summed E-state index contributed by atoms with van der Waals surface area (Å²) in [6.45, 7) is 6.43. The standard InChI is InChI=1S/C22H25ClN2O3/c1-22(2,3)13-5-7-15(19(11-13)28-4)16(12-14-6-10-20(26)24-14)18-9-8-17(23)21(27)25-18/h5,7-9,11-12,14H,6,10H2,1-4H3,(H,24,26)(H,25,27)/b16-12-/t14-/m1/s1. The van der Waals surface area contributed by atoms with Gasteiger partial charge in [0.15, 0.2) is 0 Å². The van der Waals surface area contributed by atoms with Gasteiger partial charge in [-0.25, -0.2) is 0 Å². The highest BCUT2D eigenvalue weighted by molar-refractivity contribution is 6.30. The van der Waals surface area contributed by atoms with Gasteiger partial charge >= 0.3 is 0 Å². The van der Waals surface area contributed by atoms with Gasteiger partial charge in [-0.3, -0.25) is 9.59 Å². The van der Waals surface area contributed by atoms with Gasteiger partial charge in [-0.05, 0) is 35.6 Å². The van der Waals surface area contributed by atoms with Gasteiger partial charge in [-0.1, -0.05) is 50.6 Å². The van der Waals surface area contributed by atoms with E-state index in [2.05, 4.69) is 37.1 Å². The smallest absolute Gasteiger partial charge is 0.267 e. The molecule has 1 aromatic heterocycles. The van der Waals surface area contributed by atoms with Gasteiger partial charge in [0.1, 0.15) is 10.8 Å². The third-order valence-corrected chi connectivity index (χ3v) is 5.20. The highest BCUT2D eigenvalue weighted by Gasteiger charge is 2.23. The van der Waals surface area contributed by atoms with Crippen LogP contribution in [0.25, 0.3) is 5.57 Å². The summed E-state index contributed by atoms with van der Waals surface area (Å²) in [5.41, 5.74) is 3.02. The molecule has 0 saturated carbocycles. The number of benzene rings is 1. The summed E-state index contributed by atoms with van der Waals surface area (Å²) < 4.78 is 5.68. The van der Waals surface area contributed by atoms with Crippen molar-refractivity contribution in [3.05, 3.63) is 68.6 Å². The van der Waals surface area contributed by atoms with Crippen molar-refractivity contribution in [3.63, 3.8) is 0 Å². The predicted molar refractivity (Wildman–Crippen MR) is 112 cm³/mol. The van der Waals surface area contributed by atoms with E-state index in [1.54, 1.807) is 19.2 Å². The summed E-state index contributed by atoms with van der Waals surface area (Å²) in [7, 11) is 1.63. The second-order valence-electron chi connectivity index (χ2n) is 8.01. The number of hydrogen-bond acceptors (Lipinski definition) is 3. The normalized spacial score (nSPS) is 17.5. The first-order chi connectivity index (χ1) is 13.2. The van der Waals surface area contributed by atoms with Crippen molar-refractivity contribution in [1.29, 1.82) is 0 Å². The Morgan fingerprint density at radius 1 is 1.21 bits per heavy atom. The van der Waals surface area contributed by atoms with Crippen LogP contribution < -0.4 is 15.6 Å². The second-order valence-corrected chi connectivity index (χ2v) is 8.41. The van der Waals surface area contributed by atoms with Gasteiger partial charge in [0.05, 0.1) is 7.11 Å². The summed E-state index contributed by atoms with van der Waals surface area (Å²) >= 11 is 5.91. The maximum absolute atomic E-state index is 12.1. The molecule has 1 aliphatic rings. The van der Waals surface area contributed by atoms with E-state index in [4.69, 9.17) is 16.3 Å². The van der Waals surface area contributed by atoms with Crippen LogP contribution in [0.2, 0.25) is 5.02 Å². The lowest BCUT2D eigenvalue weighted by Gasteiger charge is -2.22. The van der Waals surface area contributed by atoms with E-state index < -0.39 is 0 Å². The Kier molecular flexibility index (Phi) is 5.66. The molecular weight excluding hydrogens is 376 g/mol. The average Bonchev–Trinajstić information content (AvgIpc) is 3.06. The number of H-pyrrole nitrogens is 1. The summed E-state index contributed by atoms with van der Waals surface area (Å²) in [5.74, 6) is 0.735. The lowest BCUT2D eigenvalue weighted by Crippen LogP contribution is -2.23. The van der Waals surface area contributed by atoms with E-state index in [0.29, 0.717) is 24.3 Å². The number of halogens is 1. The van der Waals surface area contributed by atoms with Crippen LogP contribution in [0.4, 0.5) is 0 Å². The third-order valence-electron chi connectivity index (χ3n) is 4.91. The Labute approximate surface area is 169 Å². The first-order valence-electron chi connectivity index (χ1n) is 9.28. The van der Waals surface area contributed by atoms with Gasteiger partial charge in [0, 0.05) is 29.3 Å². The van der Waals surface area contributed by atoms with E-state index in [1.807, 2.05) is 18.2 Å². The number of aromatic nitrogens is 1. The SMILES string of the molecule is COc1cc(C(C)(C)C)ccc1/C(=C/[C@H]1CCC(=O)N1)c1ccc(Cl)c(=O)[nH]1. The van der Waals surface area contributed by atoms with E-state index >= 15 is 0 Å². The maximum atomic E-state index is 12.1. The summed E-state index contributed by atoms with van der Waals surface area (Å²) in [5, 5.41) is 3.08. The molecule has 0 bridgehead atoms. The molecule has 1 fully saturated rings. The number of aromatic amines is 1. The number of methoxy groups -OCH3 is 1. The first-order valence-corrected chi connectivity index (χ1v) is 9.66. The second kappa shape index (κ2) is 7.84. The Hall–Kier alpha value is -2.53. The molecular formula is C22H25ClN2O3. The molecule has 1 atom stereocenters. The Morgan fingerprint density at radius 2 is 1.96 bits per heavy atom. The fraction of sp³-hybridized carbons (Fsp3) is 0.364. The predicted octanol–water partition coefficient (Wildman–Crippen LogP) is 4.04. The monoisotopic (exact) mass is 400 g/mol. The Balaban J connectivity index is 2.16. The Morgan fingerprint density at radius 3 is 2.54 bits per heavy atom. The third kappa shape index (κ3) is 4.30. The van der Waals surface area contributed by atoms with Gasteiger partial charge in [-0.2, -0.15) is 0 Å². The van der Waals surface area contributed by atoms with Crippen molar-refractivity contribution in [2.45, 2.75) is 45.1 Å². The van der Waals surface area contributed by atoms with Gasteiger partial charge in [0.2, 0.25) is 5.91 Å². The molecule has 2 aromatic rings. The van der Waals surface area contributed by atoms with E-state index in [1.165, 1.54) is 0 Å². The van der Waals surface area contributed by atoms with Gasteiger partial charge in [0.25, 0.3) is 5.56 Å². The number of carbonyl (C=O) groups is 1. The van der Waals surface area contributed by atoms with Crippen molar-refractivity contribution >= 4 is 23.1 Å². The van der Waals surface area contributed by atoms with Crippen LogP contribution in [0.3, 0.4) is 0 Å². The molecule has 0 aliphatic carbocycles. The minimum atomic E-state index is -0.356. The number of ether oxygens (including phenoxy) is 1. The highest BCUT2D eigenvalue weighted by atomic mass is 35.5. The quantitative estimate of drug-likeness (QED) is 0.813. The van der Waals surface area contributed by atoms with Crippen molar-refractivity contribution < 1.29 is 9.53 Å². The summed E-state index contributed by atoms with van der Waals surface area (Å²) in [6, 6.07) is 9.32. The topological polar surface area (TPSA) is 71.2 Å². The zero-order valence-electron chi connectivity index (χ0n) is 16.6. The molecule has 0 unspecified atom stereocenters. The fourth-order valence-corrected chi connectivity index (χ4v) is 3.39. The van der Waals surface area contributed by atoms with Crippen LogP contribution in [-0.4, -0.2) is 24.0 Å². The fourth-order valence-electron chi connectivity index (χ4n) is 3.28. The molecule has 148 valence electrons. The van der Waals surface area contributed by atoms with Crippen LogP contribution in [0.15, 0.2) is 41.2 Å². The molecule has 1 saturated heterocycles. The van der Waals surface area contributed by atoms with Crippen molar-refractivity contribution in [2.75, 3.05) is 7.11 Å². The molecule has 0 spiro atoms. The number of carbonyl (C=O) groups excluding carboxylic acids is 1. The summed E-state index contributed by atoms with van der Waals surface area (Å²) in [4.78, 5) is 26.6. The van der Waals surface area contributed by atoms with E-state index in [-0.39, 0.29) is 27.9 Å². The van der Waals surface area contributed by atoms with E-state index in [9.17, 15) is 9.59 Å². The molecule has 5 nitrogen and oxygen atoms in total. The van der Waals surface area contributed by atoms with Crippen LogP contribution >= 0.6 is 11.6 Å². The maximum Gasteiger partial charge on any atom is 0.267 e. The van der Waals surface area contributed by atoms with E-state index in [0.717, 1.165) is 16.7 Å². The highest BCUT2D eigenvalue weighted by Crippen LogP contribution is 2.35. The molecule has 0 radical (unpaired) electrons. The molecule has 2 N–H and O–H groups in total. The Bertz CT molecular complexity index is 986.